The molecule has 6 aromatic rings. The summed E-state index contributed by atoms with van der Waals surface area (Å²) in [6.45, 7) is 8.94. The third-order valence-corrected chi connectivity index (χ3v) is 26.3. The number of para-hydroxylation sites is 1. The van der Waals surface area contributed by atoms with Crippen molar-refractivity contribution in [3.63, 3.8) is 0 Å². The van der Waals surface area contributed by atoms with Gasteiger partial charge in [-0.3, -0.25) is 102 Å². The molecule has 0 radical (unpaired) electrons. The number of rotatable bonds is 29. The predicted molar refractivity (Wildman–Crippen MR) is 544 cm³/mol. The molecule has 16 amide bonds. The average Bonchev–Trinajstić information content (AvgIpc) is 1.65. The lowest BCUT2D eigenvalue weighted by Gasteiger charge is -2.33. The first-order valence-electron chi connectivity index (χ1n) is 49.1. The van der Waals surface area contributed by atoms with Gasteiger partial charge in [-0.05, 0) is 127 Å². The highest BCUT2D eigenvalue weighted by molar-refractivity contribution is 8.00. The second-order valence-corrected chi connectivity index (χ2v) is 38.8. The van der Waals surface area contributed by atoms with Gasteiger partial charge in [-0.2, -0.15) is 5.10 Å². The molecule has 0 aliphatic carbocycles. The Morgan fingerprint density at radius 2 is 1.02 bits per heavy atom. The van der Waals surface area contributed by atoms with Crippen LogP contribution in [0.2, 0.25) is 0 Å². The third-order valence-electron chi connectivity index (χ3n) is 25.3. The Kier molecular flexibility index (Phi) is 43.0. The van der Waals surface area contributed by atoms with Crippen molar-refractivity contribution in [2.45, 2.75) is 191 Å². The number of carbonyl (C=O) groups is 17. The van der Waals surface area contributed by atoms with Gasteiger partial charge < -0.3 is 121 Å². The topological polar surface area (TPSA) is 651 Å². The number of hydrogen-bond acceptors (Lipinski definition) is 24. The number of nitrogens with zero attached hydrogens (tertiary/aromatic N) is 6. The lowest BCUT2D eigenvalue weighted by Crippen LogP contribution is -2.61. The molecule has 23 N–H and O–H groups in total. The van der Waals surface area contributed by atoms with E-state index in [9.17, 15) is 63.0 Å². The highest BCUT2D eigenvalue weighted by Gasteiger charge is 2.45. The molecule has 4 aliphatic rings. The van der Waals surface area contributed by atoms with Crippen LogP contribution in [0.3, 0.4) is 0 Å². The number of aliphatic hydroxyl groups excluding tert-OH is 1. The summed E-state index contributed by atoms with van der Waals surface area (Å²) in [7, 11) is 3.04. The monoisotopic (exact) mass is 2040 g/mol. The number of morpholine rings is 1. The fourth-order valence-electron chi connectivity index (χ4n) is 17.5. The van der Waals surface area contributed by atoms with E-state index in [1.165, 1.54) is 11.9 Å². The standard InChI is InChI=1S/C100H137N25O20S/c1-57(2)48-70-89(135)117-75(86(132)108-52-79(101)127)55-146-56-80(128)110-74(53-123-43-46-145-47-44-123)92(138)114-71(49-60-26-30-63(31-27-60)62-18-10-9-11-19-62)90(136)116-73(50-61-28-32-64(33-29-61)65-34-36-66(37-35-65)109-96(142)85-67-20-12-13-23-76(67)122(8)120-85)97(143)121(7)54-81(129)124-41-16-24-77(124)93(139)115-72(51-82(130)131)91(137)111-69(22-15-39-106-100(104)107-40-45-126)88(134)119-84(59(5)6)98(144)125-42-17-25-78(125)94(140)118-83(58(3)4)95(141)112-68(87(133)113-70)21-14-38-105-99(102)103/h9-13,18-20,23,26-37,57-59,68-75,77-78,83-84,126H,14-17,21-22,24-25,38-56H2,1-8H3,(H2,101,127)(H,108,132)(H,109,142)(H,110,128)(H,111,137)(H,112,141)(H,113,133)(H,114,138)(H,115,139)(H,116,136)(H,117,135)(H,118,140)(H,119,134)(H,130,131)(H4,102,103,105)(H3,104,106,107)/t68-,69+,70-,71-,72-,73-,74-,75-,77-,78-,83-,84-/m0/s1. The molecule has 46 heteroatoms. The van der Waals surface area contributed by atoms with Crippen molar-refractivity contribution in [1.29, 1.82) is 10.8 Å². The molecule has 5 heterocycles. The quantitative estimate of drug-likeness (QED) is 0.0150. The van der Waals surface area contributed by atoms with Gasteiger partial charge in [-0.15, -0.1) is 11.8 Å². The number of aryl methyl sites for hydroxylation is 1. The summed E-state index contributed by atoms with van der Waals surface area (Å²) in [4.78, 5) is 254. The van der Waals surface area contributed by atoms with Gasteiger partial charge in [-0.25, -0.2) is 0 Å². The van der Waals surface area contributed by atoms with Crippen LogP contribution < -0.4 is 91.2 Å². The normalized spacial score (nSPS) is 22.5. The molecule has 12 atom stereocenters. The first-order chi connectivity index (χ1) is 69.7. The molecule has 5 aromatic carbocycles. The van der Waals surface area contributed by atoms with E-state index in [0.29, 0.717) is 46.4 Å². The minimum absolute atomic E-state index is 0.00401. The molecule has 4 fully saturated rings. The zero-order valence-electron chi connectivity index (χ0n) is 83.4. The Morgan fingerprint density at radius 1 is 0.521 bits per heavy atom. The van der Waals surface area contributed by atoms with Gasteiger partial charge in [0.05, 0.1) is 50.6 Å². The maximum atomic E-state index is 15.8. The lowest BCUT2D eigenvalue weighted by atomic mass is 9.98. The van der Waals surface area contributed by atoms with Gasteiger partial charge in [0.25, 0.3) is 5.91 Å². The smallest absolute Gasteiger partial charge is 0.305 e. The molecule has 4 saturated heterocycles. The molecule has 45 nitrogen and oxygen atoms in total. The Balaban J connectivity index is 1.01. The zero-order valence-corrected chi connectivity index (χ0v) is 84.2. The summed E-state index contributed by atoms with van der Waals surface area (Å²) in [5, 5.41) is 81.6. The number of aliphatic carboxylic acids is 1. The molecule has 788 valence electrons. The number of primary amides is 1. The number of aromatic nitrogens is 2. The van der Waals surface area contributed by atoms with Gasteiger partial charge in [0.15, 0.2) is 17.6 Å². The summed E-state index contributed by atoms with van der Waals surface area (Å²) in [5.41, 5.74) is 16.6. The first-order valence-corrected chi connectivity index (χ1v) is 50.2. The number of nitrogens with two attached hydrogens (primary N) is 2. The van der Waals surface area contributed by atoms with Crippen LogP contribution in [0.25, 0.3) is 33.2 Å². The van der Waals surface area contributed by atoms with Crippen LogP contribution in [0.1, 0.15) is 127 Å². The van der Waals surface area contributed by atoms with Crippen molar-refractivity contribution >= 4 is 141 Å². The molecule has 0 saturated carbocycles. The lowest BCUT2D eigenvalue weighted by molar-refractivity contribution is -0.145. The molecule has 10 rings (SSSR count). The second-order valence-electron chi connectivity index (χ2n) is 37.7. The number of carboxylic acid groups (broad SMARTS) is 1. The number of fused-ring (bicyclic) bond motifs is 3. The van der Waals surface area contributed by atoms with Crippen LogP contribution in [0.4, 0.5) is 5.69 Å². The summed E-state index contributed by atoms with van der Waals surface area (Å²) < 4.78 is 7.28. The number of carbonyl (C=O) groups excluding carboxylic acids is 16. The van der Waals surface area contributed by atoms with Crippen LogP contribution in [-0.2, 0) is 101 Å². The minimum atomic E-state index is -1.95. The largest absolute Gasteiger partial charge is 0.481 e. The van der Waals surface area contributed by atoms with E-state index in [0.717, 1.165) is 38.2 Å². The van der Waals surface area contributed by atoms with E-state index in [1.807, 2.05) is 65.6 Å². The molecule has 0 bridgehead atoms. The van der Waals surface area contributed by atoms with E-state index in [2.05, 4.69) is 84.9 Å². The maximum Gasteiger partial charge on any atom is 0.305 e. The van der Waals surface area contributed by atoms with Crippen LogP contribution >= 0.6 is 11.8 Å². The van der Waals surface area contributed by atoms with Crippen LogP contribution in [0, 0.1) is 28.6 Å². The number of aliphatic hydroxyl groups is 1. The van der Waals surface area contributed by atoms with Crippen molar-refractivity contribution in [2.24, 2.45) is 36.3 Å². The van der Waals surface area contributed by atoms with Crippen molar-refractivity contribution in [2.75, 3.05) is 109 Å². The number of ether oxygens (including phenoxy) is 1. The summed E-state index contributed by atoms with van der Waals surface area (Å²) in [6, 6.07) is 19.6. The van der Waals surface area contributed by atoms with Crippen LogP contribution in [0.5, 0.6) is 0 Å². The third kappa shape index (κ3) is 33.7. The highest BCUT2D eigenvalue weighted by atomic mass is 32.2. The molecular weight excluding hydrogens is 1900 g/mol. The van der Waals surface area contributed by atoms with Crippen LogP contribution in [0.15, 0.2) is 127 Å². The minimum Gasteiger partial charge on any atom is -0.481 e. The predicted octanol–water partition coefficient (Wildman–Crippen LogP) is -1.10. The molecule has 146 heavy (non-hydrogen) atoms. The van der Waals surface area contributed by atoms with Crippen molar-refractivity contribution in [3.05, 3.63) is 144 Å². The number of nitrogens with one attached hydrogen (secondary N) is 17. The van der Waals surface area contributed by atoms with E-state index >= 15 is 28.8 Å². The first kappa shape index (κ1) is 113. The van der Waals surface area contributed by atoms with Crippen molar-refractivity contribution in [1.82, 2.24) is 104 Å². The summed E-state index contributed by atoms with van der Waals surface area (Å²) >= 11 is 0.820. The van der Waals surface area contributed by atoms with Gasteiger partial charge in [0, 0.05) is 96.1 Å². The number of guanidine groups is 2. The summed E-state index contributed by atoms with van der Waals surface area (Å²) in [5.74, 6) is -18.9. The highest BCUT2D eigenvalue weighted by Crippen LogP contribution is 2.29. The molecule has 0 spiro atoms. The number of hydrogen-bond donors (Lipinski definition) is 21. The molecular formula is C100H137N25O20S. The summed E-state index contributed by atoms with van der Waals surface area (Å²) in [6.07, 6.45) is -1.53. The number of thioether (sulfide) groups is 1. The molecule has 4 aliphatic heterocycles. The number of likely N-dealkylation sites (N-methyl/N-ethyl adjacent to an activating group) is 1. The Hall–Kier alpha value is -14.7. The maximum absolute atomic E-state index is 15.8. The van der Waals surface area contributed by atoms with Gasteiger partial charge >= 0.3 is 5.97 Å². The number of amides is 16. The fourth-order valence-corrected chi connectivity index (χ4v) is 18.4. The molecule has 1 aromatic heterocycles. The Labute approximate surface area is 850 Å². The van der Waals surface area contributed by atoms with Crippen LogP contribution in [-0.4, -0.2) is 328 Å². The van der Waals surface area contributed by atoms with E-state index in [4.69, 9.17) is 27.0 Å². The Morgan fingerprint density at radius 3 is 1.62 bits per heavy atom. The van der Waals surface area contributed by atoms with E-state index in [-0.39, 0.29) is 147 Å². The van der Waals surface area contributed by atoms with E-state index < -0.39 is 222 Å². The van der Waals surface area contributed by atoms with Crippen molar-refractivity contribution < 1.29 is 96.5 Å². The number of anilines is 1. The van der Waals surface area contributed by atoms with Gasteiger partial charge in [0.2, 0.25) is 88.6 Å². The van der Waals surface area contributed by atoms with Gasteiger partial charge in [0.1, 0.15) is 72.5 Å². The van der Waals surface area contributed by atoms with Gasteiger partial charge in [-0.1, -0.05) is 151 Å². The molecule has 0 unspecified atom stereocenters. The van der Waals surface area contributed by atoms with Crippen molar-refractivity contribution in [3.8, 4) is 22.3 Å². The average molecular weight is 2040 g/mol. The second kappa shape index (κ2) is 55.4. The zero-order chi connectivity index (χ0) is 106. The van der Waals surface area contributed by atoms with E-state index in [1.54, 1.807) is 120 Å². The SMILES string of the molecule is CC(C)C[C@@H]1NC(=O)[C@H](CCCNC(=N)N)NC(=O)[C@H](C(C)C)NC(=O)[C@@H]2CCCN2C(=O)[C@H](C(C)C)NC(=O)[C@@H](CCCNC(=N)NCCO)NC(=O)[C@H](CC(=O)O)NC(=O)[C@@H]2CCCN2C(=O)CN(C)C(=O)[C@H](Cc2ccc(-c3ccc(NC(=O)c4nn(C)c5ccccc45)cc3)cc2)NC(=O)[C@H](Cc2ccc(-c3ccccc3)cc2)NC(=O)[C@H](CN2CCOCC2)NC(=O)CSC[C@@H](C(=O)NCC(N)=O)NC1=O. The Bertz CT molecular complexity index is 5610. The number of benzene rings is 5. The number of carboxylic acids is 1. The fraction of sp³-hybridized carbons (Fsp3) is 0.500.